The second kappa shape index (κ2) is 9.59. The molecular formula is C23H28N6O2. The number of carbonyl (C=O) groups is 1. The third-order valence-electron chi connectivity index (χ3n) is 5.45. The molecule has 4 rings (SSSR count). The molecule has 8 heteroatoms. The fraction of sp³-hybridized carbons (Fsp3) is 0.391. The summed E-state index contributed by atoms with van der Waals surface area (Å²) in [5.74, 6) is 1.98. The van der Waals surface area contributed by atoms with Gasteiger partial charge >= 0.3 is 6.03 Å². The van der Waals surface area contributed by atoms with Gasteiger partial charge in [0.15, 0.2) is 5.82 Å². The molecule has 3 aromatic rings. The predicted molar refractivity (Wildman–Crippen MR) is 119 cm³/mol. The topological polar surface area (TPSA) is 87.4 Å². The van der Waals surface area contributed by atoms with Gasteiger partial charge in [-0.15, -0.1) is 0 Å². The Morgan fingerprint density at radius 2 is 1.97 bits per heavy atom. The number of rotatable bonds is 5. The summed E-state index contributed by atoms with van der Waals surface area (Å²) in [5, 5.41) is 7.04. The van der Waals surface area contributed by atoms with Gasteiger partial charge < -0.3 is 19.6 Å². The van der Waals surface area contributed by atoms with Crippen molar-refractivity contribution in [2.24, 2.45) is 0 Å². The first kappa shape index (κ1) is 20.8. The molecule has 162 valence electrons. The van der Waals surface area contributed by atoms with E-state index in [0.717, 1.165) is 36.3 Å². The lowest BCUT2D eigenvalue weighted by Gasteiger charge is -2.24. The Hall–Kier alpha value is -3.42. The molecule has 0 aliphatic carbocycles. The highest BCUT2D eigenvalue weighted by atomic mass is 16.5. The Morgan fingerprint density at radius 3 is 2.74 bits per heavy atom. The van der Waals surface area contributed by atoms with Crippen LogP contribution < -0.4 is 10.2 Å². The molecule has 1 saturated heterocycles. The van der Waals surface area contributed by atoms with Crippen molar-refractivity contribution >= 4 is 11.8 Å². The first-order chi connectivity index (χ1) is 15.1. The van der Waals surface area contributed by atoms with Crippen LogP contribution in [0.15, 0.2) is 47.1 Å². The summed E-state index contributed by atoms with van der Waals surface area (Å²) in [4.78, 5) is 25.8. The number of urea groups is 1. The van der Waals surface area contributed by atoms with Gasteiger partial charge in [0.2, 0.25) is 0 Å². The lowest BCUT2D eigenvalue weighted by molar-refractivity contribution is 0.201. The zero-order valence-electron chi connectivity index (χ0n) is 18.0. The quantitative estimate of drug-likeness (QED) is 0.681. The molecule has 2 aromatic heterocycles. The van der Waals surface area contributed by atoms with Crippen LogP contribution in [0.4, 0.5) is 10.6 Å². The van der Waals surface area contributed by atoms with Crippen molar-refractivity contribution in [1.29, 1.82) is 0 Å². The number of aryl methyl sites for hydroxylation is 2. The van der Waals surface area contributed by atoms with Gasteiger partial charge in [0.1, 0.15) is 5.82 Å². The standard InChI is InChI=1S/C23H28N6O2/c1-3-20-26-22(31-27-20)19-6-4-11-24-21(19)28-12-5-13-29(15-14-28)23(30)25-16-18-9-7-17(2)8-10-18/h4,6-11H,3,5,12-16H2,1-2H3,(H,25,30). The number of nitrogens with zero attached hydrogens (tertiary/aromatic N) is 5. The van der Waals surface area contributed by atoms with Gasteiger partial charge in [-0.05, 0) is 31.0 Å². The molecule has 0 radical (unpaired) electrons. The van der Waals surface area contributed by atoms with Crippen LogP contribution in [-0.2, 0) is 13.0 Å². The highest BCUT2D eigenvalue weighted by Crippen LogP contribution is 2.28. The number of carbonyl (C=O) groups excluding carboxylic acids is 1. The van der Waals surface area contributed by atoms with Crippen LogP contribution in [0.2, 0.25) is 0 Å². The molecule has 31 heavy (non-hydrogen) atoms. The third kappa shape index (κ3) is 5.02. The van der Waals surface area contributed by atoms with Crippen molar-refractivity contribution in [2.75, 3.05) is 31.1 Å². The number of hydrogen-bond donors (Lipinski definition) is 1. The molecule has 0 saturated carbocycles. The molecule has 0 bridgehead atoms. The third-order valence-corrected chi connectivity index (χ3v) is 5.45. The largest absolute Gasteiger partial charge is 0.354 e. The minimum atomic E-state index is -0.0341. The van der Waals surface area contributed by atoms with Crippen LogP contribution in [0.25, 0.3) is 11.5 Å². The van der Waals surface area contributed by atoms with E-state index in [9.17, 15) is 4.79 Å². The van der Waals surface area contributed by atoms with Crippen LogP contribution in [0.1, 0.15) is 30.3 Å². The van der Waals surface area contributed by atoms with Crippen molar-refractivity contribution < 1.29 is 9.32 Å². The van der Waals surface area contributed by atoms with E-state index in [0.29, 0.717) is 37.9 Å². The second-order valence-corrected chi connectivity index (χ2v) is 7.72. The summed E-state index contributed by atoms with van der Waals surface area (Å²) in [6.07, 6.45) is 3.35. The monoisotopic (exact) mass is 420 g/mol. The number of anilines is 1. The van der Waals surface area contributed by atoms with E-state index in [4.69, 9.17) is 4.52 Å². The van der Waals surface area contributed by atoms with Gasteiger partial charge in [-0.1, -0.05) is 41.9 Å². The Balaban J connectivity index is 1.40. The molecule has 0 unspecified atom stereocenters. The van der Waals surface area contributed by atoms with Crippen molar-refractivity contribution in [3.05, 3.63) is 59.5 Å². The smallest absolute Gasteiger partial charge is 0.317 e. The van der Waals surface area contributed by atoms with E-state index in [2.05, 4.69) is 44.4 Å². The molecule has 1 aliphatic heterocycles. The molecule has 0 atom stereocenters. The Bertz CT molecular complexity index is 1020. The number of nitrogens with one attached hydrogen (secondary N) is 1. The summed E-state index contributed by atoms with van der Waals surface area (Å²) in [5.41, 5.74) is 3.13. The van der Waals surface area contributed by atoms with Crippen LogP contribution in [0.3, 0.4) is 0 Å². The van der Waals surface area contributed by atoms with Gasteiger partial charge in [0.05, 0.1) is 5.56 Å². The maximum Gasteiger partial charge on any atom is 0.317 e. The maximum absolute atomic E-state index is 12.7. The van der Waals surface area contributed by atoms with E-state index < -0.39 is 0 Å². The molecule has 8 nitrogen and oxygen atoms in total. The minimum Gasteiger partial charge on any atom is -0.354 e. The van der Waals surface area contributed by atoms with E-state index in [1.54, 1.807) is 6.20 Å². The summed E-state index contributed by atoms with van der Waals surface area (Å²) >= 11 is 0. The summed E-state index contributed by atoms with van der Waals surface area (Å²) in [6.45, 7) is 7.40. The summed E-state index contributed by atoms with van der Waals surface area (Å²) < 4.78 is 5.44. The minimum absolute atomic E-state index is 0.0341. The normalized spacial score (nSPS) is 14.4. The fourth-order valence-electron chi connectivity index (χ4n) is 3.65. The lowest BCUT2D eigenvalue weighted by Crippen LogP contribution is -2.41. The zero-order valence-corrected chi connectivity index (χ0v) is 18.0. The van der Waals surface area contributed by atoms with Gasteiger partial charge in [-0.25, -0.2) is 9.78 Å². The van der Waals surface area contributed by atoms with E-state index in [1.807, 2.05) is 36.1 Å². The molecule has 0 spiro atoms. The second-order valence-electron chi connectivity index (χ2n) is 7.72. The molecule has 1 aromatic carbocycles. The predicted octanol–water partition coefficient (Wildman–Crippen LogP) is 3.42. The molecule has 1 N–H and O–H groups in total. The fourth-order valence-corrected chi connectivity index (χ4v) is 3.65. The number of amides is 2. The first-order valence-electron chi connectivity index (χ1n) is 10.8. The molecule has 1 fully saturated rings. The van der Waals surface area contributed by atoms with Gasteiger partial charge in [-0.2, -0.15) is 4.98 Å². The molecule has 2 amide bonds. The highest BCUT2D eigenvalue weighted by molar-refractivity contribution is 5.74. The average molecular weight is 421 g/mol. The molecule has 1 aliphatic rings. The molecule has 3 heterocycles. The summed E-state index contributed by atoms with van der Waals surface area (Å²) in [6, 6.07) is 12.0. The van der Waals surface area contributed by atoms with Crippen LogP contribution in [0, 0.1) is 6.92 Å². The highest BCUT2D eigenvalue weighted by Gasteiger charge is 2.23. The van der Waals surface area contributed by atoms with Crippen molar-refractivity contribution in [3.63, 3.8) is 0 Å². The Labute approximate surface area is 182 Å². The Morgan fingerprint density at radius 1 is 1.13 bits per heavy atom. The average Bonchev–Trinajstić information content (AvgIpc) is 3.15. The van der Waals surface area contributed by atoms with E-state index in [1.165, 1.54) is 5.56 Å². The zero-order chi connectivity index (χ0) is 21.6. The summed E-state index contributed by atoms with van der Waals surface area (Å²) in [7, 11) is 0. The SMILES string of the molecule is CCc1noc(-c2cccnc2N2CCCN(C(=O)NCc3ccc(C)cc3)CC2)n1. The van der Waals surface area contributed by atoms with Gasteiger partial charge in [-0.3, -0.25) is 0 Å². The van der Waals surface area contributed by atoms with Crippen molar-refractivity contribution in [3.8, 4) is 11.5 Å². The Kier molecular flexibility index (Phi) is 6.45. The first-order valence-corrected chi connectivity index (χ1v) is 10.8. The lowest BCUT2D eigenvalue weighted by atomic mass is 10.1. The number of aromatic nitrogens is 3. The van der Waals surface area contributed by atoms with Gasteiger partial charge in [0.25, 0.3) is 5.89 Å². The molecular weight excluding hydrogens is 392 g/mol. The van der Waals surface area contributed by atoms with Crippen LogP contribution >= 0.6 is 0 Å². The van der Waals surface area contributed by atoms with Crippen molar-refractivity contribution in [1.82, 2.24) is 25.3 Å². The van der Waals surface area contributed by atoms with Crippen molar-refractivity contribution in [2.45, 2.75) is 33.2 Å². The van der Waals surface area contributed by atoms with Crippen LogP contribution in [0.5, 0.6) is 0 Å². The number of benzene rings is 1. The van der Waals surface area contributed by atoms with Crippen LogP contribution in [-0.4, -0.2) is 52.2 Å². The maximum atomic E-state index is 12.7. The number of pyridine rings is 1. The van der Waals surface area contributed by atoms with E-state index in [-0.39, 0.29) is 6.03 Å². The number of hydrogen-bond acceptors (Lipinski definition) is 6. The van der Waals surface area contributed by atoms with E-state index >= 15 is 0 Å². The van der Waals surface area contributed by atoms with Gasteiger partial charge in [0, 0.05) is 45.3 Å².